The van der Waals surface area contributed by atoms with Crippen molar-refractivity contribution < 1.29 is 14.3 Å². The van der Waals surface area contributed by atoms with Crippen LogP contribution in [0.2, 0.25) is 0 Å². The van der Waals surface area contributed by atoms with Crippen molar-refractivity contribution in [3.63, 3.8) is 0 Å². The molecule has 7 nitrogen and oxygen atoms in total. The zero-order chi connectivity index (χ0) is 21.1. The van der Waals surface area contributed by atoms with Gasteiger partial charge in [0.15, 0.2) is 11.5 Å². The van der Waals surface area contributed by atoms with E-state index in [2.05, 4.69) is 40.9 Å². The van der Waals surface area contributed by atoms with Gasteiger partial charge in [-0.3, -0.25) is 4.79 Å². The van der Waals surface area contributed by atoms with Crippen molar-refractivity contribution in [3.05, 3.63) is 67.0 Å². The lowest BCUT2D eigenvalue weighted by molar-refractivity contribution is -0.134. The van der Waals surface area contributed by atoms with Gasteiger partial charge in [0, 0.05) is 17.5 Å². The highest BCUT2D eigenvalue weighted by molar-refractivity contribution is 5.91. The molecule has 1 aromatic heterocycles. The summed E-state index contributed by atoms with van der Waals surface area (Å²) in [6.45, 7) is 6.65. The first-order valence-electron chi connectivity index (χ1n) is 9.81. The monoisotopic (exact) mass is 404 g/mol. The molecule has 4 rings (SSSR count). The molecule has 0 radical (unpaired) electrons. The van der Waals surface area contributed by atoms with Gasteiger partial charge in [-0.15, -0.1) is 0 Å². The van der Waals surface area contributed by atoms with E-state index in [1.165, 1.54) is 12.4 Å². The first kappa shape index (κ1) is 19.7. The van der Waals surface area contributed by atoms with Crippen molar-refractivity contribution in [1.82, 2.24) is 14.9 Å². The molecule has 2 aromatic carbocycles. The maximum Gasteiger partial charge on any atom is 0.246 e. The normalized spacial score (nSPS) is 14.7. The molecule has 1 aliphatic heterocycles. The van der Waals surface area contributed by atoms with Crippen LogP contribution in [0.5, 0.6) is 11.5 Å². The van der Waals surface area contributed by atoms with Crippen LogP contribution in [0.1, 0.15) is 18.5 Å². The Morgan fingerprint density at radius 2 is 2.00 bits per heavy atom. The van der Waals surface area contributed by atoms with Gasteiger partial charge in [-0.1, -0.05) is 36.9 Å². The van der Waals surface area contributed by atoms with Crippen molar-refractivity contribution in [2.45, 2.75) is 19.1 Å². The summed E-state index contributed by atoms with van der Waals surface area (Å²) in [5.41, 5.74) is 1.92. The zero-order valence-corrected chi connectivity index (χ0v) is 17.0. The van der Waals surface area contributed by atoms with Crippen LogP contribution >= 0.6 is 0 Å². The van der Waals surface area contributed by atoms with E-state index in [9.17, 15) is 4.79 Å². The van der Waals surface area contributed by atoms with Crippen LogP contribution in [0.15, 0.2) is 61.4 Å². The van der Waals surface area contributed by atoms with E-state index in [-0.39, 0.29) is 18.1 Å². The van der Waals surface area contributed by atoms with Crippen molar-refractivity contribution in [2.24, 2.45) is 0 Å². The Bertz CT molecular complexity index is 1060. The summed E-state index contributed by atoms with van der Waals surface area (Å²) in [6.07, 6.45) is 2.76. The molecule has 0 spiro atoms. The number of carbonyl (C=O) groups excluding carboxylic acids is 1. The molecule has 30 heavy (non-hydrogen) atoms. The molecule has 0 unspecified atom stereocenters. The number of nitrogens with one attached hydrogen (secondary N) is 1. The summed E-state index contributed by atoms with van der Waals surface area (Å²) in [6, 6.07) is 14.0. The minimum Gasteiger partial charge on any atom is -0.493 e. The van der Waals surface area contributed by atoms with Gasteiger partial charge in [0.2, 0.25) is 5.91 Å². The Labute approximate surface area is 175 Å². The number of carbonyl (C=O) groups is 1. The van der Waals surface area contributed by atoms with Gasteiger partial charge in [0.25, 0.3) is 0 Å². The van der Waals surface area contributed by atoms with Gasteiger partial charge in [0.05, 0.1) is 25.7 Å². The Morgan fingerprint density at radius 1 is 1.23 bits per heavy atom. The van der Waals surface area contributed by atoms with Crippen LogP contribution in [-0.2, 0) is 4.79 Å². The van der Waals surface area contributed by atoms with Crippen LogP contribution in [0.3, 0.4) is 0 Å². The minimum atomic E-state index is -0.0930. The van der Waals surface area contributed by atoms with Gasteiger partial charge in [-0.2, -0.15) is 0 Å². The largest absolute Gasteiger partial charge is 0.493 e. The fourth-order valence-corrected chi connectivity index (χ4v) is 3.46. The number of anilines is 1. The SMILES string of the molecule is C=CC(=O)N1CC(Oc2cc3c(N[C@H](C)c4ccccc4)ncnc3cc2OC)C1. The fraction of sp³-hybridized carbons (Fsp3) is 0.261. The third kappa shape index (κ3) is 3.91. The molecule has 2 heterocycles. The van der Waals surface area contributed by atoms with Crippen LogP contribution < -0.4 is 14.8 Å². The van der Waals surface area contributed by atoms with E-state index in [1.807, 2.05) is 30.3 Å². The number of amides is 1. The third-order valence-corrected chi connectivity index (χ3v) is 5.20. The van der Waals surface area contributed by atoms with Crippen molar-refractivity contribution in [2.75, 3.05) is 25.5 Å². The average Bonchev–Trinajstić information content (AvgIpc) is 2.75. The minimum absolute atomic E-state index is 0.0703. The number of rotatable bonds is 7. The molecule has 1 aliphatic rings. The second-order valence-electron chi connectivity index (χ2n) is 7.21. The van der Waals surface area contributed by atoms with Crippen molar-refractivity contribution in [3.8, 4) is 11.5 Å². The summed E-state index contributed by atoms with van der Waals surface area (Å²) >= 11 is 0. The number of aromatic nitrogens is 2. The molecule has 0 bridgehead atoms. The summed E-state index contributed by atoms with van der Waals surface area (Å²) in [5, 5.41) is 4.31. The van der Waals surface area contributed by atoms with Gasteiger partial charge in [0.1, 0.15) is 18.2 Å². The number of nitrogens with zero attached hydrogens (tertiary/aromatic N) is 3. The molecule has 1 amide bonds. The first-order chi connectivity index (χ1) is 14.6. The number of methoxy groups -OCH3 is 1. The number of likely N-dealkylation sites (tertiary alicyclic amines) is 1. The maximum atomic E-state index is 11.7. The van der Waals surface area contributed by atoms with Crippen molar-refractivity contribution in [1.29, 1.82) is 0 Å². The smallest absolute Gasteiger partial charge is 0.246 e. The number of hydrogen-bond donors (Lipinski definition) is 1. The zero-order valence-electron chi connectivity index (χ0n) is 17.0. The molecule has 154 valence electrons. The summed E-state index contributed by atoms with van der Waals surface area (Å²) in [5.74, 6) is 1.83. The average molecular weight is 404 g/mol. The van der Waals surface area contributed by atoms with Gasteiger partial charge in [-0.05, 0) is 24.6 Å². The van der Waals surface area contributed by atoms with E-state index < -0.39 is 0 Å². The molecular formula is C23H24N4O3. The highest BCUT2D eigenvalue weighted by atomic mass is 16.5. The quantitative estimate of drug-likeness (QED) is 0.607. The van der Waals surface area contributed by atoms with Crippen molar-refractivity contribution >= 4 is 22.6 Å². The second kappa shape index (κ2) is 8.41. The topological polar surface area (TPSA) is 76.6 Å². The molecular weight excluding hydrogens is 380 g/mol. The molecule has 1 atom stereocenters. The van der Waals surface area contributed by atoms with E-state index in [0.29, 0.717) is 24.6 Å². The molecule has 3 aromatic rings. The molecule has 0 aliphatic carbocycles. The number of fused-ring (bicyclic) bond motifs is 1. The number of benzene rings is 2. The highest BCUT2D eigenvalue weighted by Crippen LogP contribution is 2.36. The van der Waals surface area contributed by atoms with E-state index in [0.717, 1.165) is 22.3 Å². The number of hydrogen-bond acceptors (Lipinski definition) is 6. The van der Waals surface area contributed by atoms with Gasteiger partial charge >= 0.3 is 0 Å². The van der Waals surface area contributed by atoms with Crippen LogP contribution in [-0.4, -0.2) is 47.1 Å². The Balaban J connectivity index is 1.59. The number of ether oxygens (including phenoxy) is 2. The van der Waals surface area contributed by atoms with E-state index >= 15 is 0 Å². The van der Waals surface area contributed by atoms with Crippen LogP contribution in [0.25, 0.3) is 10.9 Å². The van der Waals surface area contributed by atoms with E-state index in [4.69, 9.17) is 9.47 Å². The van der Waals surface area contributed by atoms with Crippen LogP contribution in [0, 0.1) is 0 Å². The maximum absolute atomic E-state index is 11.7. The lowest BCUT2D eigenvalue weighted by Gasteiger charge is -2.38. The van der Waals surface area contributed by atoms with Gasteiger partial charge < -0.3 is 19.7 Å². The predicted octanol–water partition coefficient (Wildman–Crippen LogP) is 3.59. The lowest BCUT2D eigenvalue weighted by Crippen LogP contribution is -2.55. The highest BCUT2D eigenvalue weighted by Gasteiger charge is 2.31. The Hall–Kier alpha value is -3.61. The predicted molar refractivity (Wildman–Crippen MR) is 116 cm³/mol. The van der Waals surface area contributed by atoms with Gasteiger partial charge in [-0.25, -0.2) is 9.97 Å². The summed E-state index contributed by atoms with van der Waals surface area (Å²) in [7, 11) is 1.60. The molecule has 1 saturated heterocycles. The van der Waals surface area contributed by atoms with Crippen LogP contribution in [0.4, 0.5) is 5.82 Å². The summed E-state index contributed by atoms with van der Waals surface area (Å²) in [4.78, 5) is 22.2. The summed E-state index contributed by atoms with van der Waals surface area (Å²) < 4.78 is 11.6. The molecule has 1 fully saturated rings. The second-order valence-corrected chi connectivity index (χ2v) is 7.21. The Morgan fingerprint density at radius 3 is 2.70 bits per heavy atom. The molecule has 7 heteroatoms. The molecule has 1 N–H and O–H groups in total. The fourth-order valence-electron chi connectivity index (χ4n) is 3.46. The van der Waals surface area contributed by atoms with E-state index in [1.54, 1.807) is 12.0 Å². The Kier molecular flexibility index (Phi) is 5.52. The lowest BCUT2D eigenvalue weighted by atomic mass is 10.1. The standard InChI is InChI=1S/C23H24N4O3/c1-4-22(28)27-12-17(13-27)30-21-10-18-19(11-20(21)29-3)24-14-25-23(18)26-15(2)16-8-6-5-7-9-16/h4-11,14-15,17H,1,12-13H2,2-3H3,(H,24,25,26)/t15-/m1/s1. The molecule has 0 saturated carbocycles. The first-order valence-corrected chi connectivity index (χ1v) is 9.81. The third-order valence-electron chi connectivity index (χ3n) is 5.20.